The van der Waals surface area contributed by atoms with Gasteiger partial charge in [0.1, 0.15) is 34.9 Å². The fourth-order valence-corrected chi connectivity index (χ4v) is 4.25. The molecule has 3 N–H and O–H groups in total. The van der Waals surface area contributed by atoms with Gasteiger partial charge >= 0.3 is 0 Å². The number of aliphatic hydroxyl groups is 1. The molecule has 2 aromatic heterocycles. The summed E-state index contributed by atoms with van der Waals surface area (Å²) in [7, 11) is 0. The molecule has 1 fully saturated rings. The zero-order valence-electron chi connectivity index (χ0n) is 16.9. The number of hydrogen-bond donors (Lipinski definition) is 2. The molecule has 0 bridgehead atoms. The lowest BCUT2D eigenvalue weighted by Crippen LogP contribution is -2.29. The first-order valence-corrected chi connectivity index (χ1v) is 10.7. The Hall–Kier alpha value is -3.63. The van der Waals surface area contributed by atoms with Crippen molar-refractivity contribution in [1.29, 1.82) is 5.26 Å². The molecule has 3 aromatic rings. The van der Waals surface area contributed by atoms with Gasteiger partial charge in [-0.3, -0.25) is 4.98 Å². The number of benzene rings is 1. The Kier molecular flexibility index (Phi) is 6.52. The number of nitrogens with two attached hydrogens (primary N) is 1. The highest BCUT2D eigenvalue weighted by atomic mass is 32.2. The van der Waals surface area contributed by atoms with Crippen LogP contribution in [0.3, 0.4) is 0 Å². The lowest BCUT2D eigenvalue weighted by atomic mass is 10.00. The summed E-state index contributed by atoms with van der Waals surface area (Å²) < 4.78 is 11.0. The molecular weight excluding hydrogens is 426 g/mol. The minimum Gasteiger partial charge on any atom is -0.485 e. The number of nitrogen functional groups attached to an aromatic ring is 1. The molecule has 1 aromatic carbocycles. The van der Waals surface area contributed by atoms with Crippen molar-refractivity contribution >= 4 is 23.3 Å². The fraction of sp³-hybridized carbons (Fsp3) is 0.217. The topological polar surface area (TPSA) is 119 Å². The van der Waals surface area contributed by atoms with Crippen molar-refractivity contribution in [3.8, 4) is 22.9 Å². The number of aromatic nitrogens is 2. The van der Waals surface area contributed by atoms with Crippen LogP contribution in [0.25, 0.3) is 16.0 Å². The van der Waals surface area contributed by atoms with Crippen LogP contribution in [0.1, 0.15) is 11.1 Å². The minimum absolute atomic E-state index is 0.0780. The van der Waals surface area contributed by atoms with Crippen molar-refractivity contribution in [3.05, 3.63) is 71.3 Å². The lowest BCUT2D eigenvalue weighted by molar-refractivity contribution is 0.0733. The van der Waals surface area contributed by atoms with Gasteiger partial charge in [-0.05, 0) is 29.3 Å². The van der Waals surface area contributed by atoms with Crippen LogP contribution >= 0.6 is 11.8 Å². The third-order valence-electron chi connectivity index (χ3n) is 4.92. The van der Waals surface area contributed by atoms with Crippen LogP contribution in [0.2, 0.25) is 0 Å². The Labute approximate surface area is 189 Å². The molecule has 8 nitrogen and oxygen atoms in total. The molecule has 0 aliphatic carbocycles. The van der Waals surface area contributed by atoms with Gasteiger partial charge in [0.05, 0.1) is 25.3 Å². The monoisotopic (exact) mass is 445 g/mol. The Morgan fingerprint density at radius 2 is 2.12 bits per heavy atom. The van der Waals surface area contributed by atoms with Crippen molar-refractivity contribution in [2.24, 2.45) is 0 Å². The highest BCUT2D eigenvalue weighted by Gasteiger charge is 2.28. The highest BCUT2D eigenvalue weighted by Crippen LogP contribution is 2.42. The van der Waals surface area contributed by atoms with E-state index in [9.17, 15) is 10.4 Å². The zero-order chi connectivity index (χ0) is 22.5. The third-order valence-corrected chi connectivity index (χ3v) is 5.96. The molecule has 0 saturated carbocycles. The summed E-state index contributed by atoms with van der Waals surface area (Å²) in [5.74, 6) is 1.19. The molecule has 1 saturated heterocycles. The quantitative estimate of drug-likeness (QED) is 0.437. The average molecular weight is 446 g/mol. The summed E-state index contributed by atoms with van der Waals surface area (Å²) in [6.07, 6.45) is 2.35. The number of anilines is 1. The number of ether oxygens (including phenoxy) is 2. The maximum absolute atomic E-state index is 9.92. The summed E-state index contributed by atoms with van der Waals surface area (Å²) in [6.45, 7) is 8.15. The number of rotatable bonds is 6. The molecule has 1 aliphatic heterocycles. The molecule has 9 heteroatoms. The Bertz CT molecular complexity index is 1190. The van der Waals surface area contributed by atoms with Crippen molar-refractivity contribution in [2.75, 3.05) is 18.9 Å². The van der Waals surface area contributed by atoms with E-state index in [0.717, 1.165) is 5.56 Å². The Morgan fingerprint density at radius 1 is 1.31 bits per heavy atom. The first-order valence-electron chi connectivity index (χ1n) is 9.76. The fourth-order valence-electron chi connectivity index (χ4n) is 3.32. The average Bonchev–Trinajstić information content (AvgIpc) is 3.22. The highest BCUT2D eigenvalue weighted by molar-refractivity contribution is 7.98. The van der Waals surface area contributed by atoms with E-state index in [4.69, 9.17) is 21.8 Å². The van der Waals surface area contributed by atoms with E-state index >= 15 is 0 Å². The van der Waals surface area contributed by atoms with Gasteiger partial charge in [0.15, 0.2) is 0 Å². The van der Waals surface area contributed by atoms with Gasteiger partial charge in [-0.2, -0.15) is 5.26 Å². The van der Waals surface area contributed by atoms with Crippen LogP contribution in [0.15, 0.2) is 53.8 Å². The van der Waals surface area contributed by atoms with Gasteiger partial charge in [0.2, 0.25) is 5.69 Å². The number of nitrogens with zero attached hydrogens (tertiary/aromatic N) is 4. The smallest absolute Gasteiger partial charge is 0.236 e. The third kappa shape index (κ3) is 4.51. The molecule has 0 unspecified atom stereocenters. The van der Waals surface area contributed by atoms with E-state index in [1.54, 1.807) is 36.7 Å². The summed E-state index contributed by atoms with van der Waals surface area (Å²) in [5.41, 5.74) is 8.61. The van der Waals surface area contributed by atoms with Gasteiger partial charge in [0, 0.05) is 23.7 Å². The van der Waals surface area contributed by atoms with E-state index in [0.29, 0.717) is 39.8 Å². The Balaban J connectivity index is 1.67. The van der Waals surface area contributed by atoms with Crippen molar-refractivity contribution in [2.45, 2.75) is 23.0 Å². The first kappa shape index (κ1) is 21.6. The van der Waals surface area contributed by atoms with Gasteiger partial charge < -0.3 is 20.3 Å². The summed E-state index contributed by atoms with van der Waals surface area (Å²) in [4.78, 5) is 12.0. The van der Waals surface area contributed by atoms with E-state index in [2.05, 4.69) is 20.9 Å². The number of aliphatic hydroxyl groups excluding tert-OH is 1. The molecule has 1 aliphatic rings. The van der Waals surface area contributed by atoms with Gasteiger partial charge in [-0.25, -0.2) is 9.83 Å². The van der Waals surface area contributed by atoms with E-state index in [1.165, 1.54) is 11.8 Å². The molecule has 32 heavy (non-hydrogen) atoms. The SMILES string of the molecule is [C-]#[N+]c1c(N)nc(SCc2cccnc2)c(C#N)c1-c1ccc(O[C@H]2COC[C@@H]2O)cc1. The van der Waals surface area contributed by atoms with E-state index in [-0.39, 0.29) is 18.1 Å². The maximum Gasteiger partial charge on any atom is 0.236 e. The van der Waals surface area contributed by atoms with Crippen LogP contribution in [0, 0.1) is 17.9 Å². The molecule has 0 amide bonds. The van der Waals surface area contributed by atoms with E-state index < -0.39 is 12.2 Å². The molecular formula is C23H19N5O3S. The summed E-state index contributed by atoms with van der Waals surface area (Å²) >= 11 is 1.37. The van der Waals surface area contributed by atoms with Crippen molar-refractivity contribution in [1.82, 2.24) is 9.97 Å². The number of nitriles is 1. The second kappa shape index (κ2) is 9.67. The predicted molar refractivity (Wildman–Crippen MR) is 120 cm³/mol. The second-order valence-electron chi connectivity index (χ2n) is 7.06. The van der Waals surface area contributed by atoms with E-state index in [1.807, 2.05) is 12.1 Å². The molecule has 3 heterocycles. The summed E-state index contributed by atoms with van der Waals surface area (Å²) in [5, 5.41) is 20.2. The molecule has 4 rings (SSSR count). The van der Waals surface area contributed by atoms with Gasteiger partial charge in [-0.15, -0.1) is 11.8 Å². The lowest BCUT2D eigenvalue weighted by Gasteiger charge is -2.16. The van der Waals surface area contributed by atoms with Crippen LogP contribution < -0.4 is 10.5 Å². The predicted octanol–water partition coefficient (Wildman–Crippen LogP) is 3.58. The Morgan fingerprint density at radius 3 is 2.75 bits per heavy atom. The van der Waals surface area contributed by atoms with Crippen molar-refractivity contribution < 1.29 is 14.6 Å². The van der Waals surface area contributed by atoms with Crippen molar-refractivity contribution in [3.63, 3.8) is 0 Å². The molecule has 160 valence electrons. The van der Waals surface area contributed by atoms with Crippen LogP contribution in [0.4, 0.5) is 11.5 Å². The number of pyridine rings is 2. The molecule has 2 atom stereocenters. The molecule has 0 spiro atoms. The molecule has 0 radical (unpaired) electrons. The van der Waals surface area contributed by atoms with Crippen LogP contribution in [-0.4, -0.2) is 40.5 Å². The van der Waals surface area contributed by atoms with Gasteiger partial charge in [-0.1, -0.05) is 18.2 Å². The minimum atomic E-state index is -0.673. The van der Waals surface area contributed by atoms with Gasteiger partial charge in [0.25, 0.3) is 0 Å². The second-order valence-corrected chi connectivity index (χ2v) is 8.02. The van der Waals surface area contributed by atoms with Crippen LogP contribution in [-0.2, 0) is 10.5 Å². The number of thioether (sulfide) groups is 1. The largest absolute Gasteiger partial charge is 0.485 e. The zero-order valence-corrected chi connectivity index (χ0v) is 17.7. The first-order chi connectivity index (χ1) is 15.6. The standard InChI is InChI=1S/C23H19N5O3S/c1-26-21-20(15-4-6-16(7-5-15)31-19-12-30-11-18(19)29)17(9-24)23(28-22(21)25)32-13-14-3-2-8-27-10-14/h2-8,10,18-19,29H,11-13H2,(H2,25,28)/t18-,19-/m0/s1. The van der Waals surface area contributed by atoms with Crippen LogP contribution in [0.5, 0.6) is 5.75 Å². The summed E-state index contributed by atoms with van der Waals surface area (Å²) in [6, 6.07) is 13.0. The normalized spacial score (nSPS) is 17.5. The maximum atomic E-state index is 9.92. The number of hydrogen-bond acceptors (Lipinski definition) is 8.